The molecular weight excluding hydrogens is 372 g/mol. The number of fused-ring (bicyclic) bond motifs is 2. The van der Waals surface area contributed by atoms with Gasteiger partial charge < -0.3 is 15.6 Å². The molecule has 7 nitrogen and oxygen atoms in total. The molecule has 3 N–H and O–H groups in total. The first-order chi connectivity index (χ1) is 13.5. The van der Waals surface area contributed by atoms with E-state index in [9.17, 15) is 14.4 Å². The second kappa shape index (κ2) is 7.78. The molecule has 2 saturated carbocycles. The standard InChI is InChI=1S/C22H30N2O5/c1-21(2)14-9-10-22(3,12-14)20(21)29-18(27)11-16(23)19(28)24(13-17(25)26)15-7-5-4-6-8-15/h4-8,14,16,20H,9-13,23H2,1-3H3,(H,25,26)/t14?,16-,20?,22?/m0/s1. The second-order valence-electron chi connectivity index (χ2n) is 9.25. The maximum Gasteiger partial charge on any atom is 0.323 e. The van der Waals surface area contributed by atoms with Gasteiger partial charge in [-0.1, -0.05) is 39.0 Å². The molecule has 0 aromatic heterocycles. The van der Waals surface area contributed by atoms with Gasteiger partial charge >= 0.3 is 11.9 Å². The third-order valence-corrected chi connectivity index (χ3v) is 6.72. The Morgan fingerprint density at radius 2 is 1.90 bits per heavy atom. The number of carbonyl (C=O) groups excluding carboxylic acids is 2. The van der Waals surface area contributed by atoms with Crippen molar-refractivity contribution in [1.82, 2.24) is 0 Å². The Bertz CT molecular complexity index is 789. The van der Waals surface area contributed by atoms with Crippen LogP contribution in [0, 0.1) is 16.7 Å². The first kappa shape index (κ1) is 21.3. The number of rotatable bonds is 7. The van der Waals surface area contributed by atoms with Crippen LogP contribution in [0.3, 0.4) is 0 Å². The quantitative estimate of drug-likeness (QED) is 0.679. The highest BCUT2D eigenvalue weighted by molar-refractivity contribution is 6.01. The predicted molar refractivity (Wildman–Crippen MR) is 108 cm³/mol. The van der Waals surface area contributed by atoms with Crippen LogP contribution in [0.25, 0.3) is 0 Å². The molecule has 2 bridgehead atoms. The fourth-order valence-electron chi connectivity index (χ4n) is 5.24. The number of para-hydroxylation sites is 1. The highest BCUT2D eigenvalue weighted by atomic mass is 16.5. The normalized spacial score (nSPS) is 28.0. The van der Waals surface area contributed by atoms with E-state index in [1.54, 1.807) is 30.3 Å². The fourth-order valence-corrected chi connectivity index (χ4v) is 5.24. The molecule has 0 heterocycles. The van der Waals surface area contributed by atoms with E-state index in [0.717, 1.165) is 24.2 Å². The molecule has 4 atom stereocenters. The summed E-state index contributed by atoms with van der Waals surface area (Å²) in [7, 11) is 0. The molecule has 3 rings (SSSR count). The number of carboxylic acid groups (broad SMARTS) is 1. The summed E-state index contributed by atoms with van der Waals surface area (Å²) in [5.74, 6) is -1.76. The molecule has 3 unspecified atom stereocenters. The van der Waals surface area contributed by atoms with Gasteiger partial charge in [-0.2, -0.15) is 0 Å². The Balaban J connectivity index is 1.67. The van der Waals surface area contributed by atoms with Crippen LogP contribution in [0.4, 0.5) is 5.69 Å². The average molecular weight is 402 g/mol. The van der Waals surface area contributed by atoms with E-state index < -0.39 is 30.4 Å². The molecule has 7 heteroatoms. The molecule has 1 aromatic rings. The predicted octanol–water partition coefficient (Wildman–Crippen LogP) is 2.58. The molecule has 0 saturated heterocycles. The number of anilines is 1. The van der Waals surface area contributed by atoms with Gasteiger partial charge in [-0.3, -0.25) is 19.3 Å². The van der Waals surface area contributed by atoms with Gasteiger partial charge in [-0.15, -0.1) is 0 Å². The fraction of sp³-hybridized carbons (Fsp3) is 0.591. The number of carboxylic acids is 1. The van der Waals surface area contributed by atoms with Crippen molar-refractivity contribution < 1.29 is 24.2 Å². The van der Waals surface area contributed by atoms with Crippen LogP contribution in [0.2, 0.25) is 0 Å². The number of hydrogen-bond acceptors (Lipinski definition) is 5. The summed E-state index contributed by atoms with van der Waals surface area (Å²) >= 11 is 0. The highest BCUT2D eigenvalue weighted by Gasteiger charge is 2.61. The average Bonchev–Trinajstić information content (AvgIpc) is 3.14. The SMILES string of the molecule is CC12CCC(C1)C(C)(C)C2OC(=O)C[C@H](N)C(=O)N(CC(=O)O)c1ccccc1. The number of hydrogen-bond donors (Lipinski definition) is 2. The molecular formula is C22H30N2O5. The minimum Gasteiger partial charge on any atom is -0.480 e. The molecule has 158 valence electrons. The van der Waals surface area contributed by atoms with Crippen molar-refractivity contribution >= 4 is 23.5 Å². The van der Waals surface area contributed by atoms with Crippen LogP contribution in [0.5, 0.6) is 0 Å². The number of carbonyl (C=O) groups is 3. The van der Waals surface area contributed by atoms with E-state index in [2.05, 4.69) is 20.8 Å². The Kier molecular flexibility index (Phi) is 5.72. The van der Waals surface area contributed by atoms with Crippen molar-refractivity contribution in [3.05, 3.63) is 30.3 Å². The largest absolute Gasteiger partial charge is 0.480 e. The highest BCUT2D eigenvalue weighted by Crippen LogP contribution is 2.63. The zero-order chi connectivity index (χ0) is 21.4. The summed E-state index contributed by atoms with van der Waals surface area (Å²) in [6.07, 6.45) is 2.74. The molecule has 2 aliphatic rings. The lowest BCUT2D eigenvalue weighted by Gasteiger charge is -2.41. The van der Waals surface area contributed by atoms with Crippen LogP contribution in [0.15, 0.2) is 30.3 Å². The lowest BCUT2D eigenvalue weighted by molar-refractivity contribution is -0.165. The van der Waals surface area contributed by atoms with E-state index >= 15 is 0 Å². The van der Waals surface area contributed by atoms with Gasteiger partial charge in [0.1, 0.15) is 12.6 Å². The van der Waals surface area contributed by atoms with Gasteiger partial charge in [-0.25, -0.2) is 0 Å². The monoisotopic (exact) mass is 402 g/mol. The van der Waals surface area contributed by atoms with Crippen LogP contribution >= 0.6 is 0 Å². The number of nitrogens with zero attached hydrogens (tertiary/aromatic N) is 1. The molecule has 29 heavy (non-hydrogen) atoms. The van der Waals surface area contributed by atoms with Crippen molar-refractivity contribution in [2.45, 2.75) is 58.6 Å². The Morgan fingerprint density at radius 3 is 2.45 bits per heavy atom. The van der Waals surface area contributed by atoms with E-state index in [1.165, 1.54) is 0 Å². The maximum atomic E-state index is 12.8. The lowest BCUT2D eigenvalue weighted by Crippen LogP contribution is -2.48. The number of aliphatic carboxylic acids is 1. The summed E-state index contributed by atoms with van der Waals surface area (Å²) in [4.78, 5) is 37.7. The second-order valence-corrected chi connectivity index (χ2v) is 9.25. The first-order valence-electron chi connectivity index (χ1n) is 10.1. The molecule has 1 aromatic carbocycles. The van der Waals surface area contributed by atoms with Gasteiger partial charge in [-0.05, 0) is 37.3 Å². The molecule has 0 radical (unpaired) electrons. The minimum absolute atomic E-state index is 0.0304. The Labute approximate surface area is 171 Å². The topological polar surface area (TPSA) is 110 Å². The first-order valence-corrected chi connectivity index (χ1v) is 10.1. The van der Waals surface area contributed by atoms with Gasteiger partial charge in [0, 0.05) is 16.5 Å². The number of nitrogens with two attached hydrogens (primary N) is 1. The van der Waals surface area contributed by atoms with Crippen molar-refractivity contribution in [3.8, 4) is 0 Å². The summed E-state index contributed by atoms with van der Waals surface area (Å²) in [5.41, 5.74) is 6.29. The maximum absolute atomic E-state index is 12.8. The van der Waals surface area contributed by atoms with Gasteiger partial charge in [0.05, 0.1) is 12.5 Å². The summed E-state index contributed by atoms with van der Waals surface area (Å²) < 4.78 is 5.84. The zero-order valence-corrected chi connectivity index (χ0v) is 17.3. The van der Waals surface area contributed by atoms with Crippen molar-refractivity contribution in [3.63, 3.8) is 0 Å². The Morgan fingerprint density at radius 1 is 1.24 bits per heavy atom. The lowest BCUT2D eigenvalue weighted by atomic mass is 9.70. The number of amides is 1. The molecule has 2 aliphatic carbocycles. The van der Waals surface area contributed by atoms with Gasteiger partial charge in [0.2, 0.25) is 5.91 Å². The van der Waals surface area contributed by atoms with Crippen molar-refractivity contribution in [2.75, 3.05) is 11.4 Å². The zero-order valence-electron chi connectivity index (χ0n) is 17.3. The number of ether oxygens (including phenoxy) is 1. The number of benzene rings is 1. The van der Waals surface area contributed by atoms with E-state index in [0.29, 0.717) is 11.6 Å². The van der Waals surface area contributed by atoms with Crippen LogP contribution in [0.1, 0.15) is 46.5 Å². The minimum atomic E-state index is -1.17. The van der Waals surface area contributed by atoms with E-state index in [4.69, 9.17) is 15.6 Å². The summed E-state index contributed by atoms with van der Waals surface area (Å²) in [6.45, 7) is 5.90. The smallest absolute Gasteiger partial charge is 0.323 e. The van der Waals surface area contributed by atoms with Gasteiger partial charge in [0.25, 0.3) is 0 Å². The third kappa shape index (κ3) is 4.15. The molecule has 2 fully saturated rings. The summed E-state index contributed by atoms with van der Waals surface area (Å²) in [5, 5.41) is 9.17. The molecule has 1 amide bonds. The number of esters is 1. The van der Waals surface area contributed by atoms with Crippen LogP contribution in [-0.2, 0) is 19.1 Å². The van der Waals surface area contributed by atoms with E-state index in [1.807, 2.05) is 0 Å². The van der Waals surface area contributed by atoms with Crippen LogP contribution < -0.4 is 10.6 Å². The third-order valence-electron chi connectivity index (χ3n) is 6.72. The molecule has 0 spiro atoms. The van der Waals surface area contributed by atoms with Crippen molar-refractivity contribution in [2.24, 2.45) is 22.5 Å². The van der Waals surface area contributed by atoms with Crippen molar-refractivity contribution in [1.29, 1.82) is 0 Å². The summed E-state index contributed by atoms with van der Waals surface area (Å²) in [6, 6.07) is 7.26. The van der Waals surface area contributed by atoms with Crippen LogP contribution in [-0.4, -0.2) is 41.6 Å². The van der Waals surface area contributed by atoms with Gasteiger partial charge in [0.15, 0.2) is 0 Å². The molecule has 0 aliphatic heterocycles. The van der Waals surface area contributed by atoms with E-state index in [-0.39, 0.29) is 23.4 Å². The Hall–Kier alpha value is -2.41.